The molecule has 2 heterocycles. The summed E-state index contributed by atoms with van der Waals surface area (Å²) in [6.45, 7) is 0.797. The van der Waals surface area contributed by atoms with Crippen LogP contribution in [0.25, 0.3) is 0 Å². The van der Waals surface area contributed by atoms with Crippen LogP contribution in [-0.4, -0.2) is 23.2 Å². The molecule has 0 unspecified atom stereocenters. The molecular weight excluding hydrogens is 230 g/mol. The van der Waals surface area contributed by atoms with Crippen LogP contribution in [0.1, 0.15) is 5.56 Å². The minimum atomic E-state index is -1.04. The van der Waals surface area contributed by atoms with E-state index >= 15 is 0 Å². The molecule has 0 aliphatic carbocycles. The van der Waals surface area contributed by atoms with E-state index in [-0.39, 0.29) is 30.4 Å². The first-order valence-corrected chi connectivity index (χ1v) is 3.76. The largest absolute Gasteiger partial charge is 0.382 e. The summed E-state index contributed by atoms with van der Waals surface area (Å²) >= 11 is 0. The molecule has 0 aromatic carbocycles. The summed E-state index contributed by atoms with van der Waals surface area (Å²) in [4.78, 5) is 3.47. The van der Waals surface area contributed by atoms with Crippen molar-refractivity contribution in [2.24, 2.45) is 0 Å². The molecule has 0 atom stereocenters. The molecule has 0 bridgehead atoms. The Kier molecular flexibility index (Phi) is 4.74. The zero-order chi connectivity index (χ0) is 8.60. The number of pyridine rings is 1. The molecule has 14 heavy (non-hydrogen) atoms. The van der Waals surface area contributed by atoms with Gasteiger partial charge in [0.05, 0.1) is 0 Å². The number of halogens is 3. The van der Waals surface area contributed by atoms with Gasteiger partial charge in [0, 0.05) is 24.8 Å². The van der Waals surface area contributed by atoms with Gasteiger partial charge in [-0.05, 0) is 12.1 Å². The van der Waals surface area contributed by atoms with E-state index in [9.17, 15) is 9.50 Å². The molecule has 1 aromatic heterocycles. The minimum absolute atomic E-state index is 0. The normalized spacial score (nSPS) is 17.3. The number of nitrogens with zero attached hydrogens (tertiary/aromatic N) is 1. The van der Waals surface area contributed by atoms with Crippen LogP contribution in [0.5, 0.6) is 0 Å². The van der Waals surface area contributed by atoms with Crippen LogP contribution in [0, 0.1) is 5.95 Å². The molecule has 1 saturated heterocycles. The minimum Gasteiger partial charge on any atom is -0.382 e. The third-order valence-corrected chi connectivity index (χ3v) is 2.10. The predicted molar refractivity (Wildman–Crippen MR) is 55.5 cm³/mol. The number of nitrogens with one attached hydrogen (secondary N) is 1. The lowest BCUT2D eigenvalue weighted by Gasteiger charge is -2.37. The Bertz CT molecular complexity index is 307. The molecule has 1 fully saturated rings. The Balaban J connectivity index is 0.000000845. The summed E-state index contributed by atoms with van der Waals surface area (Å²) in [5, 5.41) is 12.6. The summed E-state index contributed by atoms with van der Waals surface area (Å²) in [6, 6.07) is 3.18. The van der Waals surface area contributed by atoms with Crippen molar-refractivity contribution in [1.29, 1.82) is 0 Å². The fraction of sp³-hybridized carbons (Fsp3) is 0.375. The Morgan fingerprint density at radius 1 is 1.43 bits per heavy atom. The molecule has 0 spiro atoms. The van der Waals surface area contributed by atoms with E-state index in [2.05, 4.69) is 10.3 Å². The maximum atomic E-state index is 13.0. The maximum Gasteiger partial charge on any atom is 0.219 e. The highest BCUT2D eigenvalue weighted by Crippen LogP contribution is 2.25. The van der Waals surface area contributed by atoms with E-state index in [1.54, 1.807) is 12.1 Å². The van der Waals surface area contributed by atoms with Gasteiger partial charge < -0.3 is 10.4 Å². The third-order valence-electron chi connectivity index (χ3n) is 2.10. The molecule has 0 radical (unpaired) electrons. The molecule has 1 aliphatic heterocycles. The fourth-order valence-electron chi connectivity index (χ4n) is 1.29. The van der Waals surface area contributed by atoms with Crippen LogP contribution < -0.4 is 5.32 Å². The van der Waals surface area contributed by atoms with Gasteiger partial charge in [-0.2, -0.15) is 4.39 Å². The van der Waals surface area contributed by atoms with Crippen LogP contribution in [0.15, 0.2) is 18.3 Å². The summed E-state index contributed by atoms with van der Waals surface area (Å²) in [5.41, 5.74) is -0.762. The van der Waals surface area contributed by atoms with Gasteiger partial charge in [-0.3, -0.25) is 0 Å². The lowest BCUT2D eigenvalue weighted by molar-refractivity contribution is -0.0182. The van der Waals surface area contributed by atoms with Gasteiger partial charge in [-0.1, -0.05) is 0 Å². The van der Waals surface area contributed by atoms with Crippen molar-refractivity contribution in [3.8, 4) is 0 Å². The van der Waals surface area contributed by atoms with Gasteiger partial charge in [0.1, 0.15) is 5.60 Å². The zero-order valence-electron chi connectivity index (χ0n) is 7.24. The molecule has 6 heteroatoms. The molecule has 0 saturated carbocycles. The van der Waals surface area contributed by atoms with Crippen LogP contribution in [0.2, 0.25) is 0 Å². The van der Waals surface area contributed by atoms with Crippen molar-refractivity contribution < 1.29 is 9.50 Å². The zero-order valence-corrected chi connectivity index (χ0v) is 8.87. The van der Waals surface area contributed by atoms with Gasteiger partial charge in [0.15, 0.2) is 0 Å². The lowest BCUT2D eigenvalue weighted by atomic mass is 9.89. The number of hydrogen-bond donors (Lipinski definition) is 2. The van der Waals surface area contributed by atoms with Crippen molar-refractivity contribution in [3.05, 3.63) is 29.8 Å². The molecule has 1 aliphatic rings. The van der Waals surface area contributed by atoms with E-state index in [1.807, 2.05) is 0 Å². The fourth-order valence-corrected chi connectivity index (χ4v) is 1.29. The summed E-state index contributed by atoms with van der Waals surface area (Å²) in [5.74, 6) is -0.582. The van der Waals surface area contributed by atoms with Crippen LogP contribution in [0.3, 0.4) is 0 Å². The van der Waals surface area contributed by atoms with Crippen molar-refractivity contribution in [3.63, 3.8) is 0 Å². The van der Waals surface area contributed by atoms with Gasteiger partial charge in [-0.15, -0.1) is 24.8 Å². The first-order valence-electron chi connectivity index (χ1n) is 3.76. The van der Waals surface area contributed by atoms with Crippen molar-refractivity contribution in [2.75, 3.05) is 13.1 Å². The van der Waals surface area contributed by atoms with Crippen molar-refractivity contribution in [1.82, 2.24) is 10.3 Å². The van der Waals surface area contributed by atoms with Gasteiger partial charge >= 0.3 is 0 Å². The SMILES string of the molecule is Cl.Cl.OC1(c2cccnc2F)CNC1. The first-order chi connectivity index (χ1) is 5.72. The third kappa shape index (κ3) is 2.15. The summed E-state index contributed by atoms with van der Waals surface area (Å²) in [6.07, 6.45) is 1.37. The Labute approximate surface area is 93.6 Å². The van der Waals surface area contributed by atoms with Gasteiger partial charge in [-0.25, -0.2) is 4.98 Å². The highest BCUT2D eigenvalue weighted by Gasteiger charge is 2.38. The monoisotopic (exact) mass is 240 g/mol. The second-order valence-corrected chi connectivity index (χ2v) is 2.98. The van der Waals surface area contributed by atoms with E-state index in [4.69, 9.17) is 0 Å². The number of rotatable bonds is 1. The molecule has 2 rings (SSSR count). The molecule has 0 amide bonds. The quantitative estimate of drug-likeness (QED) is 0.716. The Morgan fingerprint density at radius 2 is 2.07 bits per heavy atom. The van der Waals surface area contributed by atoms with E-state index in [0.717, 1.165) is 0 Å². The van der Waals surface area contributed by atoms with Crippen molar-refractivity contribution in [2.45, 2.75) is 5.60 Å². The first kappa shape index (κ1) is 13.6. The molecule has 2 N–H and O–H groups in total. The van der Waals surface area contributed by atoms with Crippen LogP contribution >= 0.6 is 24.8 Å². The average Bonchev–Trinajstić information content (AvgIpc) is 2.01. The average molecular weight is 241 g/mol. The van der Waals surface area contributed by atoms with E-state index < -0.39 is 11.5 Å². The molecule has 1 aromatic rings. The predicted octanol–water partition coefficient (Wildman–Crippen LogP) is 0.855. The lowest BCUT2D eigenvalue weighted by Crippen LogP contribution is -2.57. The van der Waals surface area contributed by atoms with E-state index in [0.29, 0.717) is 13.1 Å². The van der Waals surface area contributed by atoms with Crippen LogP contribution in [-0.2, 0) is 5.60 Å². The summed E-state index contributed by atoms with van der Waals surface area (Å²) < 4.78 is 13.0. The number of hydrogen-bond acceptors (Lipinski definition) is 3. The Morgan fingerprint density at radius 3 is 2.50 bits per heavy atom. The highest BCUT2D eigenvalue weighted by molar-refractivity contribution is 5.85. The van der Waals surface area contributed by atoms with Gasteiger partial charge in [0.25, 0.3) is 0 Å². The second kappa shape index (κ2) is 4.89. The summed E-state index contributed by atoms with van der Waals surface area (Å²) in [7, 11) is 0. The van der Waals surface area contributed by atoms with Crippen molar-refractivity contribution >= 4 is 24.8 Å². The standard InChI is InChI=1S/C8H9FN2O.2ClH/c9-7-6(2-1-3-11-7)8(12)4-10-5-8;;/h1-3,10,12H,4-5H2;2*1H. The maximum absolute atomic E-state index is 13.0. The Hall–Kier alpha value is -0.420. The molecule has 80 valence electrons. The number of β-amino-alcohol motifs (C(OH)–C–C–N with tert-alkyl or cyclic N) is 1. The van der Waals surface area contributed by atoms with Crippen LogP contribution in [0.4, 0.5) is 4.39 Å². The number of aromatic nitrogens is 1. The topological polar surface area (TPSA) is 45.2 Å². The van der Waals surface area contributed by atoms with E-state index in [1.165, 1.54) is 6.20 Å². The second-order valence-electron chi connectivity index (χ2n) is 2.98. The molecular formula is C8H11Cl2FN2O. The number of aliphatic hydroxyl groups is 1. The molecule has 3 nitrogen and oxygen atoms in total. The highest BCUT2D eigenvalue weighted by atomic mass is 35.5. The smallest absolute Gasteiger partial charge is 0.219 e. The van der Waals surface area contributed by atoms with Gasteiger partial charge in [0.2, 0.25) is 5.95 Å².